The van der Waals surface area contributed by atoms with Crippen molar-refractivity contribution in [1.29, 1.82) is 0 Å². The van der Waals surface area contributed by atoms with Crippen molar-refractivity contribution in [3.05, 3.63) is 75.5 Å². The van der Waals surface area contributed by atoms with E-state index in [0.717, 1.165) is 35.3 Å². The molecule has 0 unspecified atom stereocenters. The summed E-state index contributed by atoms with van der Waals surface area (Å²) in [5.41, 5.74) is 2.36. The van der Waals surface area contributed by atoms with E-state index in [2.05, 4.69) is 52.9 Å². The lowest BCUT2D eigenvalue weighted by molar-refractivity contribution is 0.482. The van der Waals surface area contributed by atoms with Crippen LogP contribution in [-0.2, 0) is 18.7 Å². The van der Waals surface area contributed by atoms with Crippen molar-refractivity contribution in [2.24, 2.45) is 5.92 Å². The summed E-state index contributed by atoms with van der Waals surface area (Å²) in [7, 11) is 0. The van der Waals surface area contributed by atoms with Gasteiger partial charge in [-0.1, -0.05) is 85.2 Å². The van der Waals surface area contributed by atoms with Crippen molar-refractivity contribution in [2.45, 2.75) is 37.7 Å². The summed E-state index contributed by atoms with van der Waals surface area (Å²) >= 11 is 13.8. The zero-order valence-corrected chi connectivity index (χ0v) is 17.2. The Morgan fingerprint density at radius 1 is 0.962 bits per heavy atom. The molecule has 0 spiro atoms. The van der Waals surface area contributed by atoms with Crippen molar-refractivity contribution in [3.63, 3.8) is 0 Å². The molecule has 0 amide bonds. The van der Waals surface area contributed by atoms with Gasteiger partial charge in [-0.2, -0.15) is 0 Å². The molecule has 3 nitrogen and oxygen atoms in total. The summed E-state index contributed by atoms with van der Waals surface area (Å²) in [5.74, 6) is 2.30. The third-order valence-corrected chi connectivity index (χ3v) is 5.68. The number of halogens is 2. The Labute approximate surface area is 168 Å². The van der Waals surface area contributed by atoms with Gasteiger partial charge in [0.05, 0.1) is 10.0 Å². The number of hydrogen-bond acceptors (Lipinski definition) is 3. The molecule has 0 radical (unpaired) electrons. The van der Waals surface area contributed by atoms with Crippen LogP contribution in [0.4, 0.5) is 0 Å². The summed E-state index contributed by atoms with van der Waals surface area (Å²) in [4.78, 5) is 0. The molecule has 136 valence electrons. The van der Waals surface area contributed by atoms with Crippen molar-refractivity contribution in [3.8, 4) is 0 Å². The fourth-order valence-electron chi connectivity index (χ4n) is 2.66. The van der Waals surface area contributed by atoms with Gasteiger partial charge in [0.25, 0.3) is 0 Å². The first kappa shape index (κ1) is 19.3. The van der Waals surface area contributed by atoms with Crippen molar-refractivity contribution in [1.82, 2.24) is 14.8 Å². The molecule has 0 atom stereocenters. The number of aromatic nitrogens is 3. The Morgan fingerprint density at radius 3 is 2.42 bits per heavy atom. The standard InChI is InChI=1S/C20H21Cl2N3S/c1-14(2)12-25-19(11-15-6-4-3-5-7-15)23-24-20(25)26-13-16-8-9-17(21)18(22)10-16/h3-10,14H,11-13H2,1-2H3. The molecule has 0 aliphatic rings. The SMILES string of the molecule is CC(C)Cn1c(Cc2ccccc2)nnc1SCc1ccc(Cl)c(Cl)c1. The second-order valence-electron chi connectivity index (χ2n) is 6.60. The highest BCUT2D eigenvalue weighted by atomic mass is 35.5. The average molecular weight is 406 g/mol. The highest BCUT2D eigenvalue weighted by Crippen LogP contribution is 2.28. The molecule has 3 aromatic rings. The molecular weight excluding hydrogens is 385 g/mol. The summed E-state index contributed by atoms with van der Waals surface area (Å²) in [6.45, 7) is 5.32. The van der Waals surface area contributed by atoms with Gasteiger partial charge in [0, 0.05) is 18.7 Å². The van der Waals surface area contributed by atoms with Crippen LogP contribution >= 0.6 is 35.0 Å². The minimum atomic E-state index is 0.518. The number of rotatable bonds is 7. The van der Waals surface area contributed by atoms with Crippen LogP contribution in [-0.4, -0.2) is 14.8 Å². The van der Waals surface area contributed by atoms with Crippen LogP contribution in [0.3, 0.4) is 0 Å². The maximum absolute atomic E-state index is 6.12. The summed E-state index contributed by atoms with van der Waals surface area (Å²) < 4.78 is 2.24. The van der Waals surface area contributed by atoms with Gasteiger partial charge in [0.2, 0.25) is 0 Å². The molecule has 1 aromatic heterocycles. The first-order valence-corrected chi connectivity index (χ1v) is 10.3. The van der Waals surface area contributed by atoms with Crippen LogP contribution in [0.2, 0.25) is 10.0 Å². The molecular formula is C20H21Cl2N3S. The van der Waals surface area contributed by atoms with Crippen molar-refractivity contribution < 1.29 is 0 Å². The highest BCUT2D eigenvalue weighted by molar-refractivity contribution is 7.98. The van der Waals surface area contributed by atoms with Crippen molar-refractivity contribution >= 4 is 35.0 Å². The quantitative estimate of drug-likeness (QED) is 0.443. The maximum Gasteiger partial charge on any atom is 0.191 e. The largest absolute Gasteiger partial charge is 0.305 e. The number of benzene rings is 2. The Bertz CT molecular complexity index is 863. The second kappa shape index (κ2) is 8.94. The molecule has 1 heterocycles. The molecule has 0 aliphatic carbocycles. The molecule has 0 N–H and O–H groups in total. The van der Waals surface area contributed by atoms with E-state index in [4.69, 9.17) is 23.2 Å². The molecule has 3 rings (SSSR count). The van der Waals surface area contributed by atoms with Gasteiger partial charge >= 0.3 is 0 Å². The fourth-order valence-corrected chi connectivity index (χ4v) is 3.89. The molecule has 26 heavy (non-hydrogen) atoms. The number of nitrogens with zero attached hydrogens (tertiary/aromatic N) is 3. The van der Waals surface area contributed by atoms with E-state index >= 15 is 0 Å². The summed E-state index contributed by atoms with van der Waals surface area (Å²) in [6, 6.07) is 16.1. The van der Waals surface area contributed by atoms with E-state index in [1.165, 1.54) is 5.56 Å². The van der Waals surface area contributed by atoms with E-state index in [0.29, 0.717) is 16.0 Å². The van der Waals surface area contributed by atoms with E-state index in [9.17, 15) is 0 Å². The smallest absolute Gasteiger partial charge is 0.191 e. The molecule has 0 saturated carbocycles. The number of thioether (sulfide) groups is 1. The predicted octanol–water partition coefficient (Wildman–Crippen LogP) is 6.12. The Kier molecular flexibility index (Phi) is 6.63. The highest BCUT2D eigenvalue weighted by Gasteiger charge is 2.14. The van der Waals surface area contributed by atoms with Crippen LogP contribution in [0.1, 0.15) is 30.8 Å². The van der Waals surface area contributed by atoms with Gasteiger partial charge in [-0.15, -0.1) is 10.2 Å². The first-order valence-electron chi connectivity index (χ1n) is 8.55. The molecule has 2 aromatic carbocycles. The Morgan fingerprint density at radius 2 is 1.73 bits per heavy atom. The fraction of sp³-hybridized carbons (Fsp3) is 0.300. The van der Waals surface area contributed by atoms with Gasteiger partial charge in [-0.25, -0.2) is 0 Å². The van der Waals surface area contributed by atoms with Gasteiger partial charge in [0.1, 0.15) is 5.82 Å². The van der Waals surface area contributed by atoms with Crippen LogP contribution in [0.5, 0.6) is 0 Å². The van der Waals surface area contributed by atoms with Crippen LogP contribution in [0, 0.1) is 5.92 Å². The van der Waals surface area contributed by atoms with Gasteiger partial charge in [0.15, 0.2) is 5.16 Å². The zero-order chi connectivity index (χ0) is 18.5. The van der Waals surface area contributed by atoms with E-state index < -0.39 is 0 Å². The molecule has 6 heteroatoms. The lowest BCUT2D eigenvalue weighted by atomic mass is 10.1. The molecule has 0 saturated heterocycles. The minimum absolute atomic E-state index is 0.518. The van der Waals surface area contributed by atoms with Crippen LogP contribution in [0.15, 0.2) is 53.7 Å². The first-order chi connectivity index (χ1) is 12.5. The lowest BCUT2D eigenvalue weighted by Crippen LogP contribution is -2.10. The van der Waals surface area contributed by atoms with Crippen molar-refractivity contribution in [2.75, 3.05) is 0 Å². The molecule has 0 fully saturated rings. The predicted molar refractivity (Wildman–Crippen MR) is 110 cm³/mol. The third-order valence-electron chi connectivity index (χ3n) is 3.90. The van der Waals surface area contributed by atoms with Gasteiger partial charge in [-0.05, 0) is 29.2 Å². The maximum atomic E-state index is 6.12. The van der Waals surface area contributed by atoms with E-state index in [-0.39, 0.29) is 0 Å². The van der Waals surface area contributed by atoms with Crippen LogP contribution < -0.4 is 0 Å². The summed E-state index contributed by atoms with van der Waals surface area (Å²) in [5, 5.41) is 11.0. The Balaban J connectivity index is 1.78. The van der Waals surface area contributed by atoms with E-state index in [1.54, 1.807) is 11.8 Å². The average Bonchev–Trinajstić information content (AvgIpc) is 2.98. The molecule has 0 bridgehead atoms. The monoisotopic (exact) mass is 405 g/mol. The summed E-state index contributed by atoms with van der Waals surface area (Å²) in [6.07, 6.45) is 0.786. The second-order valence-corrected chi connectivity index (χ2v) is 8.36. The molecule has 0 aliphatic heterocycles. The lowest BCUT2D eigenvalue weighted by Gasteiger charge is -2.12. The topological polar surface area (TPSA) is 30.7 Å². The normalized spacial score (nSPS) is 11.3. The van der Waals surface area contributed by atoms with Gasteiger partial charge in [-0.3, -0.25) is 0 Å². The number of hydrogen-bond donors (Lipinski definition) is 0. The Hall–Kier alpha value is -1.49. The van der Waals surface area contributed by atoms with Gasteiger partial charge < -0.3 is 4.57 Å². The van der Waals surface area contributed by atoms with Crippen LogP contribution in [0.25, 0.3) is 0 Å². The zero-order valence-electron chi connectivity index (χ0n) is 14.8. The third kappa shape index (κ3) is 5.03. The van der Waals surface area contributed by atoms with E-state index in [1.807, 2.05) is 24.3 Å². The minimum Gasteiger partial charge on any atom is -0.305 e.